The van der Waals surface area contributed by atoms with E-state index in [4.69, 9.17) is 16.3 Å². The highest BCUT2D eigenvalue weighted by Gasteiger charge is 2.29. The minimum absolute atomic E-state index is 0.299. The Labute approximate surface area is 130 Å². The maximum atomic E-state index is 6.05. The summed E-state index contributed by atoms with van der Waals surface area (Å²) in [7, 11) is -1.05. The zero-order valence-electron chi connectivity index (χ0n) is 12.8. The molecule has 0 spiro atoms. The molecule has 2 aromatic heterocycles. The van der Waals surface area contributed by atoms with Gasteiger partial charge < -0.3 is 4.74 Å². The fraction of sp³-hybridized carbons (Fsp3) is 0.643. The number of imidazole rings is 1. The van der Waals surface area contributed by atoms with Crippen molar-refractivity contribution in [2.24, 2.45) is 0 Å². The molecule has 1 aliphatic carbocycles. The number of ether oxygens (including phenoxy) is 1. The number of fused-ring (bicyclic) bond motifs is 1. The Morgan fingerprint density at radius 2 is 2.10 bits per heavy atom. The van der Waals surface area contributed by atoms with Crippen LogP contribution < -0.4 is 0 Å². The third kappa shape index (κ3) is 3.62. The van der Waals surface area contributed by atoms with Crippen LogP contribution in [0.2, 0.25) is 31.0 Å². The number of rotatable bonds is 6. The van der Waals surface area contributed by atoms with E-state index in [0.29, 0.717) is 17.9 Å². The van der Waals surface area contributed by atoms with Crippen molar-refractivity contribution in [2.75, 3.05) is 6.61 Å². The van der Waals surface area contributed by atoms with Gasteiger partial charge in [-0.05, 0) is 30.5 Å². The average molecular weight is 325 g/mol. The highest BCUT2D eigenvalue weighted by atomic mass is 35.5. The van der Waals surface area contributed by atoms with Gasteiger partial charge in [-0.1, -0.05) is 19.6 Å². The van der Waals surface area contributed by atoms with Gasteiger partial charge >= 0.3 is 0 Å². The minimum Gasteiger partial charge on any atom is -0.361 e. The summed E-state index contributed by atoms with van der Waals surface area (Å²) in [5, 5.41) is 0.299. The van der Waals surface area contributed by atoms with Crippen molar-refractivity contribution in [3.8, 4) is 0 Å². The lowest BCUT2D eigenvalue weighted by molar-refractivity contribution is 0.0895. The minimum atomic E-state index is -1.05. The lowest BCUT2D eigenvalue weighted by Crippen LogP contribution is -2.22. The molecule has 21 heavy (non-hydrogen) atoms. The van der Waals surface area contributed by atoms with E-state index in [1.54, 1.807) is 6.33 Å². The van der Waals surface area contributed by atoms with Gasteiger partial charge in [0.15, 0.2) is 5.65 Å². The van der Waals surface area contributed by atoms with Crippen molar-refractivity contribution >= 4 is 30.8 Å². The second-order valence-electron chi connectivity index (χ2n) is 6.89. The molecule has 1 aliphatic rings. The molecule has 2 heterocycles. The van der Waals surface area contributed by atoms with Crippen LogP contribution in [0.3, 0.4) is 0 Å². The molecule has 0 atom stereocenters. The van der Waals surface area contributed by atoms with Crippen LogP contribution in [-0.2, 0) is 11.5 Å². The number of hydrogen-bond donors (Lipinski definition) is 0. The van der Waals surface area contributed by atoms with Crippen LogP contribution in [0.1, 0.15) is 24.5 Å². The predicted molar refractivity (Wildman–Crippen MR) is 86.4 cm³/mol. The molecule has 0 radical (unpaired) electrons. The summed E-state index contributed by atoms with van der Waals surface area (Å²) in [5.41, 5.74) is 2.64. The lowest BCUT2D eigenvalue weighted by Gasteiger charge is -2.15. The Morgan fingerprint density at radius 1 is 1.33 bits per heavy atom. The van der Waals surface area contributed by atoms with E-state index in [1.807, 2.05) is 4.57 Å². The fourth-order valence-corrected chi connectivity index (χ4v) is 3.14. The van der Waals surface area contributed by atoms with Crippen LogP contribution in [0.4, 0.5) is 0 Å². The first-order valence-electron chi connectivity index (χ1n) is 7.40. The van der Waals surface area contributed by atoms with Gasteiger partial charge in [0.2, 0.25) is 5.28 Å². The van der Waals surface area contributed by atoms with Gasteiger partial charge in [-0.2, -0.15) is 4.98 Å². The standard InChI is InChI=1S/C14H21ClN4OSi/c1-21(2,3)7-6-20-9-19-8-16-12-11(10-4-5-10)17-14(15)18-13(12)19/h8,10H,4-7,9H2,1-3H3. The monoisotopic (exact) mass is 324 g/mol. The van der Waals surface area contributed by atoms with Crippen molar-refractivity contribution in [2.45, 2.75) is 51.2 Å². The molecule has 1 saturated carbocycles. The van der Waals surface area contributed by atoms with Crippen molar-refractivity contribution in [3.63, 3.8) is 0 Å². The average Bonchev–Trinajstić information content (AvgIpc) is 3.15. The zero-order chi connectivity index (χ0) is 15.0. The number of nitrogens with zero attached hydrogens (tertiary/aromatic N) is 4. The molecular formula is C14H21ClN4OSi. The maximum absolute atomic E-state index is 6.05. The molecule has 114 valence electrons. The molecular weight excluding hydrogens is 304 g/mol. The van der Waals surface area contributed by atoms with Crippen LogP contribution in [0.5, 0.6) is 0 Å². The Balaban J connectivity index is 1.74. The van der Waals surface area contributed by atoms with Crippen molar-refractivity contribution in [1.82, 2.24) is 19.5 Å². The van der Waals surface area contributed by atoms with Crippen molar-refractivity contribution in [3.05, 3.63) is 17.3 Å². The second kappa shape index (κ2) is 5.66. The molecule has 0 bridgehead atoms. The Morgan fingerprint density at radius 3 is 2.76 bits per heavy atom. The van der Waals surface area contributed by atoms with Crippen molar-refractivity contribution < 1.29 is 4.74 Å². The highest BCUT2D eigenvalue weighted by Crippen LogP contribution is 2.41. The maximum Gasteiger partial charge on any atom is 0.224 e. The first kappa shape index (κ1) is 14.9. The summed E-state index contributed by atoms with van der Waals surface area (Å²) in [6.07, 6.45) is 4.11. The lowest BCUT2D eigenvalue weighted by atomic mass is 10.2. The van der Waals surface area contributed by atoms with Crippen LogP contribution >= 0.6 is 11.6 Å². The zero-order valence-corrected chi connectivity index (χ0v) is 14.5. The smallest absolute Gasteiger partial charge is 0.224 e. The van der Waals surface area contributed by atoms with E-state index in [2.05, 4.69) is 34.6 Å². The topological polar surface area (TPSA) is 52.8 Å². The molecule has 0 aromatic carbocycles. The van der Waals surface area contributed by atoms with Crippen LogP contribution in [-0.4, -0.2) is 34.2 Å². The molecule has 3 rings (SSSR count). The third-order valence-corrected chi connectivity index (χ3v) is 5.53. The van der Waals surface area contributed by atoms with E-state index in [0.717, 1.165) is 29.5 Å². The highest BCUT2D eigenvalue weighted by molar-refractivity contribution is 6.76. The van der Waals surface area contributed by atoms with Crippen LogP contribution in [0.25, 0.3) is 11.2 Å². The molecule has 0 saturated heterocycles. The predicted octanol–water partition coefficient (Wildman–Crippen LogP) is 3.67. The molecule has 0 aliphatic heterocycles. The molecule has 1 fully saturated rings. The number of halogens is 1. The summed E-state index contributed by atoms with van der Waals surface area (Å²) < 4.78 is 7.69. The SMILES string of the molecule is C[Si](C)(C)CCOCn1cnc2c(C3CC3)nc(Cl)nc21. The molecule has 2 aromatic rings. The fourth-order valence-electron chi connectivity index (χ4n) is 2.22. The normalized spacial score (nSPS) is 15.8. The van der Waals surface area contributed by atoms with Crippen LogP contribution in [0, 0.1) is 0 Å². The summed E-state index contributed by atoms with van der Waals surface area (Å²) in [6, 6.07) is 1.16. The quantitative estimate of drug-likeness (QED) is 0.462. The first-order valence-corrected chi connectivity index (χ1v) is 11.5. The van der Waals surface area contributed by atoms with Gasteiger partial charge in [0, 0.05) is 20.6 Å². The molecule has 7 heteroatoms. The third-order valence-electron chi connectivity index (χ3n) is 3.65. The Kier molecular flexibility index (Phi) is 4.03. The van der Waals surface area contributed by atoms with Gasteiger partial charge in [0.1, 0.15) is 12.2 Å². The summed E-state index contributed by atoms with van der Waals surface area (Å²) in [4.78, 5) is 13.1. The molecule has 0 amide bonds. The number of hydrogen-bond acceptors (Lipinski definition) is 4. The molecule has 5 nitrogen and oxygen atoms in total. The van der Waals surface area contributed by atoms with Crippen molar-refractivity contribution in [1.29, 1.82) is 0 Å². The van der Waals surface area contributed by atoms with E-state index in [9.17, 15) is 0 Å². The van der Waals surface area contributed by atoms with Gasteiger partial charge in [-0.25, -0.2) is 9.97 Å². The van der Waals surface area contributed by atoms with Gasteiger partial charge in [0.25, 0.3) is 0 Å². The van der Waals surface area contributed by atoms with E-state index in [-0.39, 0.29) is 0 Å². The molecule has 0 unspecified atom stereocenters. The van der Waals surface area contributed by atoms with E-state index >= 15 is 0 Å². The van der Waals surface area contributed by atoms with Gasteiger partial charge in [-0.15, -0.1) is 0 Å². The number of aromatic nitrogens is 4. The second-order valence-corrected chi connectivity index (χ2v) is 12.8. The molecule has 0 N–H and O–H groups in total. The van der Waals surface area contributed by atoms with E-state index < -0.39 is 8.07 Å². The van der Waals surface area contributed by atoms with Crippen LogP contribution in [0.15, 0.2) is 6.33 Å². The Bertz CT molecular complexity index is 648. The summed E-state index contributed by atoms with van der Waals surface area (Å²) in [5.74, 6) is 0.504. The first-order chi connectivity index (χ1) is 9.94. The summed E-state index contributed by atoms with van der Waals surface area (Å²) in [6.45, 7) is 8.29. The largest absolute Gasteiger partial charge is 0.361 e. The van der Waals surface area contributed by atoms with Gasteiger partial charge in [-0.3, -0.25) is 4.57 Å². The summed E-state index contributed by atoms with van der Waals surface area (Å²) >= 11 is 6.05. The van der Waals surface area contributed by atoms with E-state index in [1.165, 1.54) is 12.8 Å². The van der Waals surface area contributed by atoms with Gasteiger partial charge in [0.05, 0.1) is 12.0 Å². The Hall–Kier alpha value is -0.983.